The highest BCUT2D eigenvalue weighted by Gasteiger charge is 2.21. The van der Waals surface area contributed by atoms with Crippen molar-refractivity contribution in [3.05, 3.63) is 22.3 Å². The van der Waals surface area contributed by atoms with E-state index in [0.29, 0.717) is 6.04 Å². The Bertz CT molecular complexity index is 356. The summed E-state index contributed by atoms with van der Waals surface area (Å²) in [4.78, 5) is 6.79. The van der Waals surface area contributed by atoms with Gasteiger partial charge >= 0.3 is 0 Å². The highest BCUT2D eigenvalue weighted by atomic mass is 79.9. The number of morpholine rings is 1. The summed E-state index contributed by atoms with van der Waals surface area (Å²) in [5, 5.41) is 0. The second-order valence-electron chi connectivity index (χ2n) is 3.91. The number of nitrogens with zero attached hydrogens (tertiary/aromatic N) is 2. The van der Waals surface area contributed by atoms with E-state index in [-0.39, 0.29) is 0 Å². The zero-order chi connectivity index (χ0) is 10.8. The first-order chi connectivity index (χ1) is 7.18. The van der Waals surface area contributed by atoms with E-state index in [0.717, 1.165) is 30.0 Å². The van der Waals surface area contributed by atoms with Gasteiger partial charge in [-0.3, -0.25) is 0 Å². The third-order valence-electron chi connectivity index (χ3n) is 2.66. The summed E-state index contributed by atoms with van der Waals surface area (Å²) in [5.74, 6) is 1.08. The first-order valence-corrected chi connectivity index (χ1v) is 5.94. The van der Waals surface area contributed by atoms with Gasteiger partial charge < -0.3 is 9.64 Å². The molecule has 0 radical (unpaired) electrons. The summed E-state index contributed by atoms with van der Waals surface area (Å²) < 4.78 is 6.45. The maximum atomic E-state index is 5.42. The van der Waals surface area contributed by atoms with Crippen molar-refractivity contribution >= 4 is 21.7 Å². The Morgan fingerprint density at radius 1 is 1.60 bits per heavy atom. The van der Waals surface area contributed by atoms with Crippen molar-refractivity contribution in [2.45, 2.75) is 19.9 Å². The topological polar surface area (TPSA) is 25.4 Å². The van der Waals surface area contributed by atoms with Crippen LogP contribution in [0.5, 0.6) is 0 Å². The Balaban J connectivity index is 2.27. The van der Waals surface area contributed by atoms with E-state index < -0.39 is 0 Å². The summed E-state index contributed by atoms with van der Waals surface area (Å²) in [5.41, 5.74) is 1.21. The Labute approximate surface area is 98.6 Å². The third kappa shape index (κ3) is 2.32. The molecule has 2 heterocycles. The van der Waals surface area contributed by atoms with Crippen LogP contribution in [0.3, 0.4) is 0 Å². The van der Waals surface area contributed by atoms with Gasteiger partial charge in [-0.1, -0.05) is 0 Å². The molecule has 0 unspecified atom stereocenters. The lowest BCUT2D eigenvalue weighted by Crippen LogP contribution is -2.44. The lowest BCUT2D eigenvalue weighted by Gasteiger charge is -2.35. The molecular weight excluding hydrogens is 256 g/mol. The predicted molar refractivity (Wildman–Crippen MR) is 64.3 cm³/mol. The van der Waals surface area contributed by atoms with E-state index in [1.165, 1.54) is 5.56 Å². The van der Waals surface area contributed by atoms with Crippen molar-refractivity contribution < 1.29 is 4.74 Å². The molecule has 0 aromatic carbocycles. The minimum absolute atomic E-state index is 0.408. The molecule has 0 saturated carbocycles. The number of ether oxygens (including phenoxy) is 1. The maximum absolute atomic E-state index is 5.42. The first kappa shape index (κ1) is 10.9. The standard InChI is InChI=1S/C11H15BrN2O/c1-8-5-10(12)6-13-11(8)14-3-4-15-7-9(14)2/h5-6,9H,3-4,7H2,1-2H3/t9-/m0/s1. The van der Waals surface area contributed by atoms with Crippen molar-refractivity contribution in [1.29, 1.82) is 0 Å². The number of anilines is 1. The minimum atomic E-state index is 0.408. The highest BCUT2D eigenvalue weighted by Crippen LogP contribution is 2.23. The summed E-state index contributed by atoms with van der Waals surface area (Å²) in [6.07, 6.45) is 1.85. The number of hydrogen-bond acceptors (Lipinski definition) is 3. The number of aromatic nitrogens is 1. The average molecular weight is 271 g/mol. The van der Waals surface area contributed by atoms with Crippen LogP contribution in [-0.4, -0.2) is 30.8 Å². The molecule has 1 aromatic heterocycles. The molecule has 0 amide bonds. The third-order valence-corrected chi connectivity index (χ3v) is 3.09. The Morgan fingerprint density at radius 2 is 2.40 bits per heavy atom. The molecule has 3 nitrogen and oxygen atoms in total. The highest BCUT2D eigenvalue weighted by molar-refractivity contribution is 9.10. The van der Waals surface area contributed by atoms with Gasteiger partial charge in [0.2, 0.25) is 0 Å². The minimum Gasteiger partial charge on any atom is -0.377 e. The second-order valence-corrected chi connectivity index (χ2v) is 4.83. The molecule has 82 valence electrons. The molecule has 1 fully saturated rings. The molecule has 1 atom stereocenters. The fourth-order valence-electron chi connectivity index (χ4n) is 1.88. The van der Waals surface area contributed by atoms with Crippen LogP contribution < -0.4 is 4.90 Å². The van der Waals surface area contributed by atoms with Gasteiger partial charge in [0, 0.05) is 17.2 Å². The van der Waals surface area contributed by atoms with E-state index in [1.807, 2.05) is 6.20 Å². The lowest BCUT2D eigenvalue weighted by atomic mass is 10.2. The molecule has 0 aliphatic carbocycles. The van der Waals surface area contributed by atoms with Crippen LogP contribution in [0.2, 0.25) is 0 Å². The fourth-order valence-corrected chi connectivity index (χ4v) is 2.32. The normalized spacial score (nSPS) is 21.8. The molecule has 1 aromatic rings. The van der Waals surface area contributed by atoms with Gasteiger partial charge in [0.1, 0.15) is 5.82 Å². The van der Waals surface area contributed by atoms with Crippen molar-refractivity contribution in [3.63, 3.8) is 0 Å². The molecule has 0 bridgehead atoms. The zero-order valence-corrected chi connectivity index (χ0v) is 10.6. The predicted octanol–water partition coefficient (Wildman–Crippen LogP) is 2.38. The number of pyridine rings is 1. The van der Waals surface area contributed by atoms with Gasteiger partial charge in [0.05, 0.1) is 19.3 Å². The van der Waals surface area contributed by atoms with E-state index in [2.05, 4.69) is 45.7 Å². The van der Waals surface area contributed by atoms with E-state index in [4.69, 9.17) is 4.74 Å². The van der Waals surface area contributed by atoms with Gasteiger partial charge in [0.25, 0.3) is 0 Å². The Kier molecular flexibility index (Phi) is 3.26. The van der Waals surface area contributed by atoms with Crippen LogP contribution in [0.1, 0.15) is 12.5 Å². The SMILES string of the molecule is Cc1cc(Br)cnc1N1CCOC[C@@H]1C. The summed E-state index contributed by atoms with van der Waals surface area (Å²) >= 11 is 3.43. The van der Waals surface area contributed by atoms with Gasteiger partial charge in [0.15, 0.2) is 0 Å². The molecule has 0 spiro atoms. The molecule has 15 heavy (non-hydrogen) atoms. The summed E-state index contributed by atoms with van der Waals surface area (Å²) in [7, 11) is 0. The van der Waals surface area contributed by atoms with Gasteiger partial charge in [-0.2, -0.15) is 0 Å². The van der Waals surface area contributed by atoms with Crippen LogP contribution in [0.25, 0.3) is 0 Å². The first-order valence-electron chi connectivity index (χ1n) is 5.15. The fraction of sp³-hybridized carbons (Fsp3) is 0.545. The molecule has 1 aliphatic heterocycles. The van der Waals surface area contributed by atoms with Crippen LogP contribution in [0, 0.1) is 6.92 Å². The smallest absolute Gasteiger partial charge is 0.131 e. The van der Waals surface area contributed by atoms with Gasteiger partial charge in [-0.25, -0.2) is 4.98 Å². The number of halogens is 1. The monoisotopic (exact) mass is 270 g/mol. The van der Waals surface area contributed by atoms with Crippen LogP contribution in [-0.2, 0) is 4.74 Å². The quantitative estimate of drug-likeness (QED) is 0.784. The van der Waals surface area contributed by atoms with Gasteiger partial charge in [-0.15, -0.1) is 0 Å². The summed E-state index contributed by atoms with van der Waals surface area (Å²) in [6.45, 7) is 6.77. The molecule has 4 heteroatoms. The van der Waals surface area contributed by atoms with Crippen molar-refractivity contribution in [1.82, 2.24) is 4.98 Å². The lowest BCUT2D eigenvalue weighted by molar-refractivity contribution is 0.0985. The van der Waals surface area contributed by atoms with E-state index in [9.17, 15) is 0 Å². The maximum Gasteiger partial charge on any atom is 0.131 e. The Morgan fingerprint density at radius 3 is 3.07 bits per heavy atom. The van der Waals surface area contributed by atoms with Crippen molar-refractivity contribution in [3.8, 4) is 0 Å². The van der Waals surface area contributed by atoms with Crippen molar-refractivity contribution in [2.24, 2.45) is 0 Å². The van der Waals surface area contributed by atoms with Crippen LogP contribution >= 0.6 is 15.9 Å². The van der Waals surface area contributed by atoms with Crippen LogP contribution in [0.4, 0.5) is 5.82 Å². The molecule has 1 saturated heterocycles. The summed E-state index contributed by atoms with van der Waals surface area (Å²) in [6, 6.07) is 2.51. The van der Waals surface area contributed by atoms with Gasteiger partial charge in [-0.05, 0) is 41.4 Å². The second kappa shape index (κ2) is 4.49. The molecule has 2 rings (SSSR count). The number of hydrogen-bond donors (Lipinski definition) is 0. The molecular formula is C11H15BrN2O. The number of rotatable bonds is 1. The molecule has 1 aliphatic rings. The van der Waals surface area contributed by atoms with E-state index in [1.54, 1.807) is 0 Å². The zero-order valence-electron chi connectivity index (χ0n) is 9.03. The largest absolute Gasteiger partial charge is 0.377 e. The average Bonchev–Trinajstić information content (AvgIpc) is 2.20. The van der Waals surface area contributed by atoms with Crippen LogP contribution in [0.15, 0.2) is 16.7 Å². The van der Waals surface area contributed by atoms with E-state index >= 15 is 0 Å². The Hall–Kier alpha value is -0.610. The molecule has 0 N–H and O–H groups in total. The van der Waals surface area contributed by atoms with Crippen molar-refractivity contribution in [2.75, 3.05) is 24.7 Å². The number of aryl methyl sites for hydroxylation is 1.